The van der Waals surface area contributed by atoms with Gasteiger partial charge in [-0.05, 0) is 47.7 Å². The zero-order chi connectivity index (χ0) is 22.9. The zero-order valence-electron chi connectivity index (χ0n) is 19.1. The van der Waals surface area contributed by atoms with Gasteiger partial charge in [0.25, 0.3) is 0 Å². The molecule has 2 fully saturated rings. The third kappa shape index (κ3) is 5.90. The Morgan fingerprint density at radius 2 is 1.70 bits per heavy atom. The van der Waals surface area contributed by atoms with Crippen LogP contribution in [0.3, 0.4) is 0 Å². The highest BCUT2D eigenvalue weighted by Gasteiger charge is 2.51. The second-order valence-electron chi connectivity index (χ2n) is 9.89. The highest BCUT2D eigenvalue weighted by atomic mass is 28.4. The summed E-state index contributed by atoms with van der Waals surface area (Å²) in [5.74, 6) is -0.433. The van der Waals surface area contributed by atoms with Gasteiger partial charge in [0.1, 0.15) is 12.2 Å². The van der Waals surface area contributed by atoms with Gasteiger partial charge in [0.05, 0.1) is 6.10 Å². The minimum atomic E-state index is -2.10. The lowest BCUT2D eigenvalue weighted by Gasteiger charge is -2.39. The molecular weight excluding hydrogens is 396 g/mol. The van der Waals surface area contributed by atoms with Gasteiger partial charge in [0.15, 0.2) is 20.7 Å². The maximum Gasteiger partial charge on any atom is 0.306 e. The number of hydrogen-bond donors (Lipinski definition) is 0. The van der Waals surface area contributed by atoms with Crippen LogP contribution in [0.25, 0.3) is 0 Å². The van der Waals surface area contributed by atoms with Crippen molar-refractivity contribution in [2.75, 3.05) is 0 Å². The Balaban J connectivity index is 2.30. The van der Waals surface area contributed by atoms with E-state index in [1.54, 1.807) is 0 Å². The van der Waals surface area contributed by atoms with Crippen molar-refractivity contribution in [2.45, 2.75) is 89.0 Å². The standard InChI is InChI=1S/C24H36O5Si/c1-15-10-11-20(26)27-19(14-25)13-18(4)21-23(28-21)22(17(3)12-16(15)2)29-30(8,9)24(5,6)7/h14,19,21-23H,1-4,10-13H2,5-9H3/t19-,21+,22-,23-/m1/s1. The number of hydrogen-bond acceptors (Lipinski definition) is 5. The molecule has 0 N–H and O–H groups in total. The van der Waals surface area contributed by atoms with E-state index in [0.717, 1.165) is 22.3 Å². The zero-order valence-corrected chi connectivity index (χ0v) is 20.1. The molecule has 0 aromatic carbocycles. The van der Waals surface area contributed by atoms with Gasteiger partial charge < -0.3 is 13.9 Å². The van der Waals surface area contributed by atoms with Crippen molar-refractivity contribution in [3.05, 3.63) is 48.6 Å². The molecule has 6 heteroatoms. The lowest BCUT2D eigenvalue weighted by atomic mass is 9.92. The molecule has 2 aliphatic heterocycles. The number of carbonyl (C=O) groups is 2. The molecule has 30 heavy (non-hydrogen) atoms. The van der Waals surface area contributed by atoms with Crippen molar-refractivity contribution in [1.82, 2.24) is 0 Å². The van der Waals surface area contributed by atoms with Crippen molar-refractivity contribution < 1.29 is 23.5 Å². The van der Waals surface area contributed by atoms with Crippen LogP contribution in [0, 0.1) is 0 Å². The molecule has 0 saturated carbocycles. The molecule has 2 saturated heterocycles. The highest BCUT2D eigenvalue weighted by Crippen LogP contribution is 2.44. The number of fused-ring (bicyclic) bond motifs is 1. The Hall–Kier alpha value is -1.76. The molecule has 4 atom stereocenters. The molecule has 0 aromatic rings. The minimum Gasteiger partial charge on any atom is -0.454 e. The Bertz CT molecular complexity index is 758. The number of epoxide rings is 1. The first-order valence-electron chi connectivity index (χ1n) is 10.5. The molecule has 5 nitrogen and oxygen atoms in total. The lowest BCUT2D eigenvalue weighted by molar-refractivity contribution is -0.151. The number of ether oxygens (including phenoxy) is 2. The van der Waals surface area contributed by atoms with Crippen molar-refractivity contribution in [3.63, 3.8) is 0 Å². The van der Waals surface area contributed by atoms with E-state index in [-0.39, 0.29) is 36.2 Å². The van der Waals surface area contributed by atoms with Crippen LogP contribution in [0.2, 0.25) is 18.1 Å². The van der Waals surface area contributed by atoms with Crippen LogP contribution in [0.1, 0.15) is 46.5 Å². The predicted molar refractivity (Wildman–Crippen MR) is 122 cm³/mol. The summed E-state index contributed by atoms with van der Waals surface area (Å²) in [6.07, 6.45) is 0.356. The summed E-state index contributed by atoms with van der Waals surface area (Å²) in [6, 6.07) is 0. The second kappa shape index (κ2) is 9.16. The van der Waals surface area contributed by atoms with Crippen molar-refractivity contribution in [3.8, 4) is 0 Å². The smallest absolute Gasteiger partial charge is 0.306 e. The molecule has 0 unspecified atom stereocenters. The highest BCUT2D eigenvalue weighted by molar-refractivity contribution is 6.74. The number of carbonyl (C=O) groups excluding carboxylic acids is 2. The van der Waals surface area contributed by atoms with E-state index in [1.165, 1.54) is 0 Å². The maximum absolute atomic E-state index is 12.1. The van der Waals surface area contributed by atoms with Gasteiger partial charge in [-0.2, -0.15) is 0 Å². The number of rotatable bonds is 3. The van der Waals surface area contributed by atoms with E-state index >= 15 is 0 Å². The molecule has 0 radical (unpaired) electrons. The summed E-state index contributed by atoms with van der Waals surface area (Å²) in [4.78, 5) is 23.5. The van der Waals surface area contributed by atoms with Crippen molar-refractivity contribution in [2.24, 2.45) is 0 Å². The van der Waals surface area contributed by atoms with Crippen LogP contribution in [-0.2, 0) is 23.5 Å². The Kier molecular flexibility index (Phi) is 7.48. The van der Waals surface area contributed by atoms with Crippen molar-refractivity contribution in [1.29, 1.82) is 0 Å². The molecule has 166 valence electrons. The first-order valence-corrected chi connectivity index (χ1v) is 13.4. The average molecular weight is 433 g/mol. The van der Waals surface area contributed by atoms with Crippen LogP contribution >= 0.6 is 0 Å². The summed E-state index contributed by atoms with van der Waals surface area (Å²) in [6.45, 7) is 27.6. The Labute approximate surface area is 182 Å². The van der Waals surface area contributed by atoms with E-state index in [0.29, 0.717) is 19.1 Å². The third-order valence-corrected chi connectivity index (χ3v) is 10.8. The molecule has 2 aliphatic rings. The van der Waals surface area contributed by atoms with Gasteiger partial charge in [-0.3, -0.25) is 9.59 Å². The largest absolute Gasteiger partial charge is 0.454 e. The molecule has 0 amide bonds. The first kappa shape index (κ1) is 24.5. The quantitative estimate of drug-likeness (QED) is 0.205. The summed E-state index contributed by atoms with van der Waals surface area (Å²) in [5, 5.41) is 0.0329. The van der Waals surface area contributed by atoms with E-state index in [1.807, 2.05) is 0 Å². The fraction of sp³-hybridized carbons (Fsp3) is 0.583. The fourth-order valence-electron chi connectivity index (χ4n) is 3.21. The van der Waals surface area contributed by atoms with Gasteiger partial charge in [-0.25, -0.2) is 0 Å². The molecule has 2 heterocycles. The molecular formula is C24H36O5Si. The summed E-state index contributed by atoms with van der Waals surface area (Å²) in [7, 11) is -2.10. The maximum atomic E-state index is 12.1. The van der Waals surface area contributed by atoms with Crippen LogP contribution in [0.15, 0.2) is 48.6 Å². The van der Waals surface area contributed by atoms with Gasteiger partial charge in [-0.1, -0.05) is 52.7 Å². The fourth-order valence-corrected chi connectivity index (χ4v) is 4.50. The number of esters is 1. The number of allylic oxidation sites excluding steroid dienone is 2. The van der Waals surface area contributed by atoms with Gasteiger partial charge in [-0.15, -0.1) is 0 Å². The molecule has 0 aromatic heterocycles. The van der Waals surface area contributed by atoms with E-state index in [9.17, 15) is 9.59 Å². The van der Waals surface area contributed by atoms with Crippen LogP contribution in [0.4, 0.5) is 0 Å². The molecule has 0 aliphatic carbocycles. The van der Waals surface area contributed by atoms with Gasteiger partial charge in [0.2, 0.25) is 0 Å². The first-order chi connectivity index (χ1) is 13.8. The summed E-state index contributed by atoms with van der Waals surface area (Å²) < 4.78 is 18.0. The van der Waals surface area contributed by atoms with E-state index in [4.69, 9.17) is 13.9 Å². The van der Waals surface area contributed by atoms with E-state index < -0.39 is 20.4 Å². The van der Waals surface area contributed by atoms with Gasteiger partial charge >= 0.3 is 5.97 Å². The topological polar surface area (TPSA) is 65.1 Å². The Morgan fingerprint density at radius 1 is 1.07 bits per heavy atom. The summed E-state index contributed by atoms with van der Waals surface area (Å²) in [5.41, 5.74) is 3.20. The van der Waals surface area contributed by atoms with Crippen LogP contribution < -0.4 is 0 Å². The third-order valence-electron chi connectivity index (χ3n) is 6.33. The minimum absolute atomic E-state index is 0.0329. The molecule has 2 rings (SSSR count). The Morgan fingerprint density at radius 3 is 2.27 bits per heavy atom. The molecule has 0 spiro atoms. The normalized spacial score (nSPS) is 29.7. The van der Waals surface area contributed by atoms with Crippen molar-refractivity contribution >= 4 is 20.6 Å². The SMILES string of the molecule is C=C1CCC(=O)O[C@@H](C=O)CC(=C)[C@@H]2O[C@H]2[C@H](O[Si](C)(C)C(C)(C)C)C(=C)CC1=C. The predicted octanol–water partition coefficient (Wildman–Crippen LogP) is 5.05. The van der Waals surface area contributed by atoms with Gasteiger partial charge in [0, 0.05) is 12.8 Å². The van der Waals surface area contributed by atoms with Crippen LogP contribution in [-0.4, -0.2) is 45.0 Å². The number of aldehydes is 1. The second-order valence-corrected chi connectivity index (χ2v) is 14.6. The number of cyclic esters (lactones) is 1. The van der Waals surface area contributed by atoms with E-state index in [2.05, 4.69) is 60.2 Å². The summed E-state index contributed by atoms with van der Waals surface area (Å²) >= 11 is 0. The van der Waals surface area contributed by atoms with Crippen LogP contribution in [0.5, 0.6) is 0 Å². The lowest BCUT2D eigenvalue weighted by Crippen LogP contribution is -2.46. The molecule has 0 bridgehead atoms. The average Bonchev–Trinajstić information content (AvgIpc) is 3.42. The monoisotopic (exact) mass is 432 g/mol.